The Morgan fingerprint density at radius 1 is 0.842 bits per heavy atom. The van der Waals surface area contributed by atoms with E-state index in [1.165, 1.54) is 16.8 Å². The van der Waals surface area contributed by atoms with E-state index >= 15 is 0 Å². The van der Waals surface area contributed by atoms with Gasteiger partial charge >= 0.3 is 0 Å². The van der Waals surface area contributed by atoms with Crippen LogP contribution >= 0.6 is 0 Å². The maximum Gasteiger partial charge on any atom is 0.0376 e. The number of hydrogen-bond donors (Lipinski definition) is 2. The summed E-state index contributed by atoms with van der Waals surface area (Å²) in [4.78, 5) is 0. The summed E-state index contributed by atoms with van der Waals surface area (Å²) in [5.74, 6) is 0. The molecule has 0 amide bonds. The van der Waals surface area contributed by atoms with E-state index in [2.05, 4.69) is 65.2 Å². The van der Waals surface area contributed by atoms with Gasteiger partial charge in [0, 0.05) is 12.2 Å². The maximum absolute atomic E-state index is 3.53. The Morgan fingerprint density at radius 2 is 1.58 bits per heavy atom. The molecule has 100 valence electrons. The lowest BCUT2D eigenvalue weighted by atomic mass is 10.0. The van der Waals surface area contributed by atoms with Crippen molar-refractivity contribution in [2.45, 2.75) is 12.8 Å². The molecule has 0 radical (unpaired) electrons. The first-order valence-electron chi connectivity index (χ1n) is 6.90. The van der Waals surface area contributed by atoms with Crippen LogP contribution in [-0.4, -0.2) is 20.1 Å². The highest BCUT2D eigenvalue weighted by molar-refractivity contribution is 5.52. The van der Waals surface area contributed by atoms with Gasteiger partial charge in [0.1, 0.15) is 0 Å². The van der Waals surface area contributed by atoms with Crippen molar-refractivity contribution < 1.29 is 0 Å². The summed E-state index contributed by atoms with van der Waals surface area (Å²) in [6.07, 6.45) is 2.12. The second kappa shape index (κ2) is 7.59. The minimum absolute atomic E-state index is 0.982. The largest absolute Gasteiger partial charge is 0.385 e. The Balaban J connectivity index is 2.00. The third-order valence-electron chi connectivity index (χ3n) is 3.17. The third kappa shape index (κ3) is 4.42. The molecular weight excluding hydrogens is 232 g/mol. The molecule has 0 saturated carbocycles. The van der Waals surface area contributed by atoms with E-state index in [0.717, 1.165) is 25.9 Å². The SMILES string of the molecule is CNCCCNc1ccccc1Cc1ccccc1. The predicted molar refractivity (Wildman–Crippen MR) is 82.7 cm³/mol. The van der Waals surface area contributed by atoms with Gasteiger partial charge in [0.05, 0.1) is 0 Å². The molecule has 0 unspecified atom stereocenters. The smallest absolute Gasteiger partial charge is 0.0376 e. The van der Waals surface area contributed by atoms with E-state index in [1.807, 2.05) is 7.05 Å². The van der Waals surface area contributed by atoms with Gasteiger partial charge in [-0.2, -0.15) is 0 Å². The fourth-order valence-electron chi connectivity index (χ4n) is 2.15. The van der Waals surface area contributed by atoms with E-state index < -0.39 is 0 Å². The summed E-state index contributed by atoms with van der Waals surface area (Å²) in [5.41, 5.74) is 3.97. The number of benzene rings is 2. The van der Waals surface area contributed by atoms with Crippen LogP contribution in [0, 0.1) is 0 Å². The molecule has 0 fully saturated rings. The number of nitrogens with one attached hydrogen (secondary N) is 2. The number of para-hydroxylation sites is 1. The van der Waals surface area contributed by atoms with Crippen LogP contribution in [-0.2, 0) is 6.42 Å². The normalized spacial score (nSPS) is 10.4. The van der Waals surface area contributed by atoms with Crippen molar-refractivity contribution in [1.82, 2.24) is 5.32 Å². The molecule has 2 nitrogen and oxygen atoms in total. The quantitative estimate of drug-likeness (QED) is 0.741. The lowest BCUT2D eigenvalue weighted by Gasteiger charge is -2.12. The highest BCUT2D eigenvalue weighted by atomic mass is 14.9. The first kappa shape index (κ1) is 13.6. The highest BCUT2D eigenvalue weighted by Gasteiger charge is 2.02. The zero-order valence-electron chi connectivity index (χ0n) is 11.5. The fourth-order valence-corrected chi connectivity index (χ4v) is 2.15. The van der Waals surface area contributed by atoms with E-state index in [-0.39, 0.29) is 0 Å². The summed E-state index contributed by atoms with van der Waals surface area (Å²) in [7, 11) is 1.99. The first-order chi connectivity index (χ1) is 9.40. The van der Waals surface area contributed by atoms with Gasteiger partial charge in [-0.3, -0.25) is 0 Å². The zero-order chi connectivity index (χ0) is 13.3. The van der Waals surface area contributed by atoms with Crippen molar-refractivity contribution in [3.8, 4) is 0 Å². The molecule has 19 heavy (non-hydrogen) atoms. The molecule has 0 aliphatic carbocycles. The average molecular weight is 254 g/mol. The zero-order valence-corrected chi connectivity index (χ0v) is 11.5. The average Bonchev–Trinajstić information content (AvgIpc) is 2.46. The van der Waals surface area contributed by atoms with Crippen LogP contribution in [0.3, 0.4) is 0 Å². The summed E-state index contributed by atoms with van der Waals surface area (Å²) in [6, 6.07) is 19.2. The van der Waals surface area contributed by atoms with Crippen LogP contribution < -0.4 is 10.6 Å². The van der Waals surface area contributed by atoms with Crippen molar-refractivity contribution in [3.05, 3.63) is 65.7 Å². The molecule has 0 aromatic heterocycles. The molecule has 0 heterocycles. The molecule has 0 saturated heterocycles. The van der Waals surface area contributed by atoms with E-state index in [4.69, 9.17) is 0 Å². The molecule has 0 atom stereocenters. The van der Waals surface area contributed by atoms with Crippen LogP contribution in [0.5, 0.6) is 0 Å². The minimum Gasteiger partial charge on any atom is -0.385 e. The van der Waals surface area contributed by atoms with Crippen LogP contribution in [0.1, 0.15) is 17.5 Å². The highest BCUT2D eigenvalue weighted by Crippen LogP contribution is 2.18. The maximum atomic E-state index is 3.53. The molecular formula is C17H22N2. The Bertz CT molecular complexity index is 480. The van der Waals surface area contributed by atoms with E-state index in [9.17, 15) is 0 Å². The molecule has 0 aliphatic heterocycles. The van der Waals surface area contributed by atoms with Crippen molar-refractivity contribution >= 4 is 5.69 Å². The minimum atomic E-state index is 0.982. The van der Waals surface area contributed by atoms with Crippen molar-refractivity contribution in [3.63, 3.8) is 0 Å². The van der Waals surface area contributed by atoms with E-state index in [1.54, 1.807) is 0 Å². The lowest BCUT2D eigenvalue weighted by molar-refractivity contribution is 0.748. The molecule has 2 aromatic rings. The van der Waals surface area contributed by atoms with Crippen LogP contribution in [0.15, 0.2) is 54.6 Å². The second-order valence-corrected chi connectivity index (χ2v) is 4.70. The monoisotopic (exact) mass is 254 g/mol. The van der Waals surface area contributed by atoms with Gasteiger partial charge in [0.2, 0.25) is 0 Å². The number of rotatable bonds is 7. The standard InChI is InChI=1S/C17H22N2/c1-18-12-7-13-19-17-11-6-5-10-16(17)14-15-8-3-2-4-9-15/h2-6,8-11,18-19H,7,12-14H2,1H3. The molecule has 2 rings (SSSR count). The molecule has 0 spiro atoms. The molecule has 2 aromatic carbocycles. The van der Waals surface area contributed by atoms with Crippen molar-refractivity contribution in [1.29, 1.82) is 0 Å². The molecule has 2 N–H and O–H groups in total. The van der Waals surface area contributed by atoms with Gasteiger partial charge in [-0.15, -0.1) is 0 Å². The van der Waals surface area contributed by atoms with Gasteiger partial charge in [-0.25, -0.2) is 0 Å². The topological polar surface area (TPSA) is 24.1 Å². The summed E-state index contributed by atoms with van der Waals surface area (Å²) in [5, 5.41) is 6.70. The van der Waals surface area contributed by atoms with Crippen LogP contribution in [0.4, 0.5) is 5.69 Å². The summed E-state index contributed by atoms with van der Waals surface area (Å²) < 4.78 is 0. The lowest BCUT2D eigenvalue weighted by Crippen LogP contribution is -2.13. The van der Waals surface area contributed by atoms with Crippen LogP contribution in [0.2, 0.25) is 0 Å². The van der Waals surface area contributed by atoms with Crippen LogP contribution in [0.25, 0.3) is 0 Å². The Kier molecular flexibility index (Phi) is 5.45. The molecule has 0 aliphatic rings. The molecule has 2 heteroatoms. The Morgan fingerprint density at radius 3 is 2.37 bits per heavy atom. The van der Waals surface area contributed by atoms with Crippen molar-refractivity contribution in [2.75, 3.05) is 25.5 Å². The van der Waals surface area contributed by atoms with Gasteiger partial charge in [0.15, 0.2) is 0 Å². The summed E-state index contributed by atoms with van der Waals surface area (Å²) in [6.45, 7) is 2.06. The van der Waals surface area contributed by atoms with E-state index in [0.29, 0.717) is 0 Å². The molecule has 0 bridgehead atoms. The van der Waals surface area contributed by atoms with Gasteiger partial charge in [-0.1, -0.05) is 48.5 Å². The Hall–Kier alpha value is -1.80. The third-order valence-corrected chi connectivity index (χ3v) is 3.17. The summed E-state index contributed by atoms with van der Waals surface area (Å²) >= 11 is 0. The van der Waals surface area contributed by atoms with Crippen molar-refractivity contribution in [2.24, 2.45) is 0 Å². The van der Waals surface area contributed by atoms with Gasteiger partial charge in [-0.05, 0) is 43.6 Å². The van der Waals surface area contributed by atoms with Gasteiger partial charge in [0.25, 0.3) is 0 Å². The Labute approximate surface area is 115 Å². The number of hydrogen-bond acceptors (Lipinski definition) is 2. The first-order valence-corrected chi connectivity index (χ1v) is 6.90. The fraction of sp³-hybridized carbons (Fsp3) is 0.294. The predicted octanol–water partition coefficient (Wildman–Crippen LogP) is 3.30. The van der Waals surface area contributed by atoms with Gasteiger partial charge < -0.3 is 10.6 Å². The second-order valence-electron chi connectivity index (χ2n) is 4.70. The number of anilines is 1.